The Morgan fingerprint density at radius 1 is 1.29 bits per heavy atom. The average molecular weight is 310 g/mol. The highest BCUT2D eigenvalue weighted by atomic mass is 32.2. The highest BCUT2D eigenvalue weighted by Crippen LogP contribution is 2.13. The summed E-state index contributed by atoms with van der Waals surface area (Å²) in [5.41, 5.74) is 0. The fraction of sp³-hybridized carbons (Fsp3) is 0.417. The minimum Gasteiger partial charge on any atom is -0.370 e. The molecule has 0 aliphatic rings. The van der Waals surface area contributed by atoms with Crippen LogP contribution in [0.2, 0.25) is 0 Å². The van der Waals surface area contributed by atoms with Gasteiger partial charge >= 0.3 is 0 Å². The van der Waals surface area contributed by atoms with E-state index < -0.39 is 10.0 Å². The predicted molar refractivity (Wildman–Crippen MR) is 78.3 cm³/mol. The summed E-state index contributed by atoms with van der Waals surface area (Å²) in [5.74, 6) is 1.36. The lowest BCUT2D eigenvalue weighted by atomic mass is 10.4. The molecule has 8 nitrogen and oxygen atoms in total. The number of hydrogen-bond acceptors (Lipinski definition) is 6. The molecule has 0 atom stereocenters. The molecule has 2 aromatic rings. The zero-order valence-corrected chi connectivity index (χ0v) is 13.0. The van der Waals surface area contributed by atoms with E-state index in [4.69, 9.17) is 0 Å². The molecule has 0 bridgehead atoms. The summed E-state index contributed by atoms with van der Waals surface area (Å²) in [6, 6.07) is 3.17. The van der Waals surface area contributed by atoms with Gasteiger partial charge in [-0.25, -0.2) is 22.7 Å². The van der Waals surface area contributed by atoms with Gasteiger partial charge in [0.1, 0.15) is 17.0 Å². The third kappa shape index (κ3) is 3.76. The largest absolute Gasteiger partial charge is 0.370 e. The first-order valence-corrected chi connectivity index (χ1v) is 7.80. The molecule has 2 aromatic heterocycles. The molecule has 21 heavy (non-hydrogen) atoms. The van der Waals surface area contributed by atoms with Crippen molar-refractivity contribution in [3.05, 3.63) is 30.5 Å². The highest BCUT2D eigenvalue weighted by Gasteiger charge is 2.17. The standard InChI is InChI=1S/C12H18N6O2S/c1-17(2)21(19,20)10-4-5-11(14-8-10)13-7-6-12-15-9-18(3)16-12/h4-5,8-9H,6-7H2,1-3H3,(H,13,14). The molecule has 114 valence electrons. The van der Waals surface area contributed by atoms with Crippen molar-refractivity contribution < 1.29 is 8.42 Å². The van der Waals surface area contributed by atoms with Crippen molar-refractivity contribution in [2.75, 3.05) is 26.0 Å². The molecule has 0 saturated heterocycles. The van der Waals surface area contributed by atoms with E-state index in [1.165, 1.54) is 26.4 Å². The van der Waals surface area contributed by atoms with Crippen LogP contribution < -0.4 is 5.32 Å². The van der Waals surface area contributed by atoms with E-state index >= 15 is 0 Å². The lowest BCUT2D eigenvalue weighted by Gasteiger charge is -2.11. The number of aromatic nitrogens is 4. The zero-order chi connectivity index (χ0) is 15.5. The van der Waals surface area contributed by atoms with Gasteiger partial charge in [0, 0.05) is 40.3 Å². The number of pyridine rings is 1. The topological polar surface area (TPSA) is 93.0 Å². The molecule has 0 fully saturated rings. The van der Waals surface area contributed by atoms with Crippen LogP contribution in [-0.4, -0.2) is 53.1 Å². The summed E-state index contributed by atoms with van der Waals surface area (Å²) < 4.78 is 26.6. The lowest BCUT2D eigenvalue weighted by molar-refractivity contribution is 0.520. The monoisotopic (exact) mass is 310 g/mol. The Bertz CT molecular complexity index is 693. The van der Waals surface area contributed by atoms with Crippen LogP contribution in [0.25, 0.3) is 0 Å². The first-order chi connectivity index (χ1) is 9.89. The fourth-order valence-electron chi connectivity index (χ4n) is 1.65. The number of rotatable bonds is 6. The van der Waals surface area contributed by atoms with Crippen molar-refractivity contribution >= 4 is 15.8 Å². The van der Waals surface area contributed by atoms with Gasteiger partial charge in [-0.1, -0.05) is 0 Å². The molecule has 2 rings (SSSR count). The second-order valence-electron chi connectivity index (χ2n) is 4.68. The number of nitrogens with zero attached hydrogens (tertiary/aromatic N) is 5. The summed E-state index contributed by atoms with van der Waals surface area (Å²) >= 11 is 0. The molecule has 2 heterocycles. The summed E-state index contributed by atoms with van der Waals surface area (Å²) in [5, 5.41) is 7.27. The Kier molecular flexibility index (Phi) is 4.53. The Hall–Kier alpha value is -2.00. The van der Waals surface area contributed by atoms with Crippen molar-refractivity contribution in [2.24, 2.45) is 7.05 Å². The van der Waals surface area contributed by atoms with Gasteiger partial charge in [0.2, 0.25) is 10.0 Å². The molecule has 0 amide bonds. The molecule has 9 heteroatoms. The van der Waals surface area contributed by atoms with Crippen molar-refractivity contribution in [3.8, 4) is 0 Å². The van der Waals surface area contributed by atoms with Crippen LogP contribution >= 0.6 is 0 Å². The van der Waals surface area contributed by atoms with Gasteiger partial charge in [-0.05, 0) is 12.1 Å². The predicted octanol–water partition coefficient (Wildman–Crippen LogP) is 0.115. The van der Waals surface area contributed by atoms with Crippen molar-refractivity contribution in [3.63, 3.8) is 0 Å². The van der Waals surface area contributed by atoms with Crippen LogP contribution in [0.1, 0.15) is 5.82 Å². The van der Waals surface area contributed by atoms with Crippen LogP contribution in [0.4, 0.5) is 5.82 Å². The summed E-state index contributed by atoms with van der Waals surface area (Å²) in [7, 11) is 1.36. The van der Waals surface area contributed by atoms with Gasteiger partial charge in [-0.3, -0.25) is 4.68 Å². The molecule has 0 aliphatic heterocycles. The molecular weight excluding hydrogens is 292 g/mol. The van der Waals surface area contributed by atoms with E-state index in [-0.39, 0.29) is 4.90 Å². The number of nitrogens with one attached hydrogen (secondary N) is 1. The smallest absolute Gasteiger partial charge is 0.244 e. The third-order valence-corrected chi connectivity index (χ3v) is 4.62. The Morgan fingerprint density at radius 3 is 2.57 bits per heavy atom. The molecule has 0 saturated carbocycles. The fourth-order valence-corrected chi connectivity index (χ4v) is 2.50. The summed E-state index contributed by atoms with van der Waals surface area (Å²) in [6.07, 6.45) is 3.66. The van der Waals surface area contributed by atoms with E-state index in [9.17, 15) is 8.42 Å². The second kappa shape index (κ2) is 6.19. The lowest BCUT2D eigenvalue weighted by Crippen LogP contribution is -2.22. The Balaban J connectivity index is 1.94. The van der Waals surface area contributed by atoms with Crippen LogP contribution in [-0.2, 0) is 23.5 Å². The maximum absolute atomic E-state index is 11.9. The van der Waals surface area contributed by atoms with Crippen LogP contribution in [0.5, 0.6) is 0 Å². The minimum atomic E-state index is -3.43. The molecule has 1 N–H and O–H groups in total. The van der Waals surface area contributed by atoms with Crippen LogP contribution in [0, 0.1) is 0 Å². The molecule has 0 radical (unpaired) electrons. The van der Waals surface area contributed by atoms with Gasteiger partial charge in [-0.2, -0.15) is 5.10 Å². The maximum Gasteiger partial charge on any atom is 0.244 e. The molecule has 0 spiro atoms. The van der Waals surface area contributed by atoms with E-state index in [1.54, 1.807) is 17.1 Å². The van der Waals surface area contributed by atoms with Crippen molar-refractivity contribution in [1.29, 1.82) is 0 Å². The number of hydrogen-bond donors (Lipinski definition) is 1. The maximum atomic E-state index is 11.9. The number of sulfonamides is 1. The summed E-state index contributed by atoms with van der Waals surface area (Å²) in [6.45, 7) is 0.622. The van der Waals surface area contributed by atoms with Crippen LogP contribution in [0.3, 0.4) is 0 Å². The van der Waals surface area contributed by atoms with Crippen molar-refractivity contribution in [2.45, 2.75) is 11.3 Å². The molecule has 0 unspecified atom stereocenters. The van der Waals surface area contributed by atoms with Gasteiger partial charge in [0.05, 0.1) is 0 Å². The van der Waals surface area contributed by atoms with Gasteiger partial charge < -0.3 is 5.32 Å². The molecule has 0 aromatic carbocycles. The van der Waals surface area contributed by atoms with E-state index in [2.05, 4.69) is 20.4 Å². The quantitative estimate of drug-likeness (QED) is 0.814. The van der Waals surface area contributed by atoms with Crippen molar-refractivity contribution in [1.82, 2.24) is 24.1 Å². The number of anilines is 1. The molecular formula is C12H18N6O2S. The normalized spacial score (nSPS) is 11.8. The van der Waals surface area contributed by atoms with E-state index in [1.807, 2.05) is 7.05 Å². The van der Waals surface area contributed by atoms with Gasteiger partial charge in [0.25, 0.3) is 0 Å². The second-order valence-corrected chi connectivity index (χ2v) is 6.83. The SMILES string of the molecule is CN(C)S(=O)(=O)c1ccc(NCCc2ncn(C)n2)nc1. The third-order valence-electron chi connectivity index (χ3n) is 2.82. The zero-order valence-electron chi connectivity index (χ0n) is 12.2. The van der Waals surface area contributed by atoms with Gasteiger partial charge in [-0.15, -0.1) is 0 Å². The van der Waals surface area contributed by atoms with E-state index in [0.717, 1.165) is 10.1 Å². The first kappa shape index (κ1) is 15.4. The summed E-state index contributed by atoms with van der Waals surface area (Å²) in [4.78, 5) is 8.39. The first-order valence-electron chi connectivity index (χ1n) is 6.36. The highest BCUT2D eigenvalue weighted by molar-refractivity contribution is 7.89. The Morgan fingerprint density at radius 2 is 2.05 bits per heavy atom. The van der Waals surface area contributed by atoms with Crippen LogP contribution in [0.15, 0.2) is 29.6 Å². The van der Waals surface area contributed by atoms with Gasteiger partial charge in [0.15, 0.2) is 5.82 Å². The number of aryl methyl sites for hydroxylation is 1. The Labute approximate surface area is 123 Å². The molecule has 0 aliphatic carbocycles. The van der Waals surface area contributed by atoms with E-state index in [0.29, 0.717) is 18.8 Å². The average Bonchev–Trinajstić information content (AvgIpc) is 2.85. The minimum absolute atomic E-state index is 0.171.